The summed E-state index contributed by atoms with van der Waals surface area (Å²) in [5, 5.41) is 0. The van der Waals surface area contributed by atoms with Crippen molar-refractivity contribution in [2.75, 3.05) is 0 Å². The van der Waals surface area contributed by atoms with Crippen LogP contribution in [0.25, 0.3) is 17.9 Å². The Balaban J connectivity index is 2.09. The summed E-state index contributed by atoms with van der Waals surface area (Å²) in [6, 6.07) is 0. The van der Waals surface area contributed by atoms with Gasteiger partial charge >= 0.3 is 0 Å². The van der Waals surface area contributed by atoms with Crippen LogP contribution in [-0.4, -0.2) is 14.4 Å². The van der Waals surface area contributed by atoms with Crippen LogP contribution in [0.1, 0.15) is 35.6 Å². The average Bonchev–Trinajstić information content (AvgIpc) is 2.83. The summed E-state index contributed by atoms with van der Waals surface area (Å²) in [6.07, 6.45) is 13.3. The summed E-state index contributed by atoms with van der Waals surface area (Å²) in [5.74, 6) is 1.01. The molecule has 0 saturated carbocycles. The molecular formula is C13H13N3. The monoisotopic (exact) mass is 211 g/mol. The zero-order valence-corrected chi connectivity index (χ0v) is 9.03. The molecule has 1 N–H and O–H groups in total. The van der Waals surface area contributed by atoms with E-state index in [0.717, 1.165) is 37.2 Å². The molecule has 0 saturated heterocycles. The van der Waals surface area contributed by atoms with Crippen molar-refractivity contribution in [3.8, 4) is 0 Å². The van der Waals surface area contributed by atoms with E-state index in [9.17, 15) is 0 Å². The topological polar surface area (TPSA) is 33.1 Å². The van der Waals surface area contributed by atoms with E-state index < -0.39 is 0 Å². The number of aromatic amines is 1. The van der Waals surface area contributed by atoms with Gasteiger partial charge in [-0.05, 0) is 37.8 Å². The molecule has 0 unspecified atom stereocenters. The highest BCUT2D eigenvalue weighted by atomic mass is 15.1. The number of H-pyrrole nitrogens is 1. The van der Waals surface area contributed by atoms with Gasteiger partial charge in [0.1, 0.15) is 0 Å². The summed E-state index contributed by atoms with van der Waals surface area (Å²) < 4.78 is 2.33. The van der Waals surface area contributed by atoms with Crippen molar-refractivity contribution in [1.29, 1.82) is 0 Å². The number of aryl methyl sites for hydroxylation is 2. The molecule has 2 aliphatic carbocycles. The molecule has 2 aromatic rings. The van der Waals surface area contributed by atoms with Crippen LogP contribution in [-0.2, 0) is 12.8 Å². The molecular weight excluding hydrogens is 198 g/mol. The predicted octanol–water partition coefficient (Wildman–Crippen LogP) is 2.58. The van der Waals surface area contributed by atoms with Crippen LogP contribution in [0, 0.1) is 0 Å². The summed E-state index contributed by atoms with van der Waals surface area (Å²) in [5.41, 5.74) is 5.17. The van der Waals surface area contributed by atoms with E-state index in [1.165, 1.54) is 17.1 Å². The van der Waals surface area contributed by atoms with Crippen LogP contribution < -0.4 is 0 Å². The lowest BCUT2D eigenvalue weighted by molar-refractivity contribution is 0.847. The molecule has 0 spiro atoms. The third-order valence-corrected chi connectivity index (χ3v) is 3.49. The molecule has 3 heteroatoms. The quantitative estimate of drug-likeness (QED) is 0.713. The molecule has 0 aliphatic heterocycles. The minimum Gasteiger partial charge on any atom is -0.324 e. The van der Waals surface area contributed by atoms with Crippen molar-refractivity contribution in [3.05, 3.63) is 34.9 Å². The summed E-state index contributed by atoms with van der Waals surface area (Å²) >= 11 is 0. The first-order valence-electron chi connectivity index (χ1n) is 5.89. The van der Waals surface area contributed by atoms with Gasteiger partial charge in [-0.15, -0.1) is 0 Å². The van der Waals surface area contributed by atoms with E-state index in [4.69, 9.17) is 0 Å². The number of hydrogen-bond acceptors (Lipinski definition) is 1. The smallest absolute Gasteiger partial charge is 0.212 e. The molecule has 2 heterocycles. The number of hydrogen-bond donors (Lipinski definition) is 1. The van der Waals surface area contributed by atoms with Crippen molar-refractivity contribution < 1.29 is 0 Å². The van der Waals surface area contributed by atoms with Gasteiger partial charge in [0.05, 0.1) is 17.1 Å². The second-order valence-corrected chi connectivity index (χ2v) is 4.47. The minimum atomic E-state index is 1.01. The Morgan fingerprint density at radius 2 is 1.88 bits per heavy atom. The predicted molar refractivity (Wildman–Crippen MR) is 64.3 cm³/mol. The molecule has 0 atom stereocenters. The number of imidazole rings is 2. The third-order valence-electron chi connectivity index (χ3n) is 3.49. The van der Waals surface area contributed by atoms with Gasteiger partial charge in [0, 0.05) is 5.69 Å². The number of rotatable bonds is 0. The Kier molecular flexibility index (Phi) is 1.51. The van der Waals surface area contributed by atoms with E-state index >= 15 is 0 Å². The van der Waals surface area contributed by atoms with E-state index in [-0.39, 0.29) is 0 Å². The van der Waals surface area contributed by atoms with Crippen molar-refractivity contribution in [2.24, 2.45) is 0 Å². The fraction of sp³-hybridized carbons (Fsp3) is 0.308. The lowest BCUT2D eigenvalue weighted by Gasteiger charge is -2.09. The first-order chi connectivity index (χ1) is 7.93. The molecule has 0 fully saturated rings. The van der Waals surface area contributed by atoms with Gasteiger partial charge in [0.15, 0.2) is 0 Å². The maximum absolute atomic E-state index is 4.64. The minimum absolute atomic E-state index is 1.01. The van der Waals surface area contributed by atoms with Crippen LogP contribution in [0.5, 0.6) is 0 Å². The Morgan fingerprint density at radius 1 is 1.06 bits per heavy atom. The maximum Gasteiger partial charge on any atom is 0.212 e. The van der Waals surface area contributed by atoms with E-state index in [0.29, 0.717) is 0 Å². The highest BCUT2D eigenvalue weighted by Gasteiger charge is 2.19. The molecule has 0 bridgehead atoms. The lowest BCUT2D eigenvalue weighted by atomic mass is 10.1. The van der Waals surface area contributed by atoms with Crippen molar-refractivity contribution in [2.45, 2.75) is 25.7 Å². The Morgan fingerprint density at radius 3 is 2.81 bits per heavy atom. The molecule has 3 nitrogen and oxygen atoms in total. The zero-order chi connectivity index (χ0) is 10.5. The van der Waals surface area contributed by atoms with Gasteiger partial charge in [-0.1, -0.05) is 12.2 Å². The molecule has 2 aromatic heterocycles. The molecule has 0 radical (unpaired) electrons. The second kappa shape index (κ2) is 2.88. The van der Waals surface area contributed by atoms with Gasteiger partial charge in [0.25, 0.3) is 0 Å². The molecule has 4 rings (SSSR count). The molecule has 80 valence electrons. The number of nitrogens with one attached hydrogen (secondary N) is 1. The Labute approximate surface area is 93.5 Å². The number of nitrogens with zero attached hydrogens (tertiary/aromatic N) is 2. The Bertz CT molecular complexity index is 574. The lowest BCUT2D eigenvalue weighted by Crippen LogP contribution is -2.03. The number of allylic oxidation sites excluding steroid dienone is 2. The van der Waals surface area contributed by atoms with Gasteiger partial charge < -0.3 is 4.98 Å². The molecule has 2 aliphatic rings. The van der Waals surface area contributed by atoms with E-state index in [1.807, 2.05) is 0 Å². The molecule has 0 aromatic carbocycles. The van der Waals surface area contributed by atoms with Gasteiger partial charge in [-0.3, -0.25) is 4.40 Å². The third kappa shape index (κ3) is 0.953. The normalized spacial score (nSPS) is 17.8. The standard InChI is InChI=1S/C13H13N3/c1-3-7-11-9(5-1)14-13-15-10-6-2-4-8-12(10)16(11)13/h1-2,5-6H,3-4,7-8H2,(H,14,15). The van der Waals surface area contributed by atoms with E-state index in [2.05, 4.69) is 38.7 Å². The summed E-state index contributed by atoms with van der Waals surface area (Å²) in [4.78, 5) is 8.05. The van der Waals surface area contributed by atoms with Crippen LogP contribution in [0.4, 0.5) is 0 Å². The first-order valence-corrected chi connectivity index (χ1v) is 5.89. The van der Waals surface area contributed by atoms with Crippen molar-refractivity contribution in [3.63, 3.8) is 0 Å². The first kappa shape index (κ1) is 8.39. The van der Waals surface area contributed by atoms with E-state index in [1.54, 1.807) is 0 Å². The van der Waals surface area contributed by atoms with Crippen molar-refractivity contribution >= 4 is 17.9 Å². The van der Waals surface area contributed by atoms with Crippen LogP contribution in [0.15, 0.2) is 12.2 Å². The Hall–Kier alpha value is -1.77. The van der Waals surface area contributed by atoms with Gasteiger partial charge in [-0.25, -0.2) is 4.98 Å². The average molecular weight is 211 g/mol. The number of fused-ring (bicyclic) bond motifs is 5. The highest BCUT2D eigenvalue weighted by Crippen LogP contribution is 2.26. The highest BCUT2D eigenvalue weighted by molar-refractivity contribution is 5.61. The summed E-state index contributed by atoms with van der Waals surface area (Å²) in [6.45, 7) is 0. The van der Waals surface area contributed by atoms with Crippen LogP contribution in [0.3, 0.4) is 0 Å². The largest absolute Gasteiger partial charge is 0.324 e. The fourth-order valence-electron chi connectivity index (χ4n) is 2.75. The maximum atomic E-state index is 4.64. The number of aromatic nitrogens is 3. The van der Waals surface area contributed by atoms with Gasteiger partial charge in [-0.2, -0.15) is 0 Å². The second-order valence-electron chi connectivity index (χ2n) is 4.47. The molecule has 0 amide bonds. The fourth-order valence-corrected chi connectivity index (χ4v) is 2.75. The molecule has 16 heavy (non-hydrogen) atoms. The van der Waals surface area contributed by atoms with Gasteiger partial charge in [0.2, 0.25) is 5.78 Å². The zero-order valence-electron chi connectivity index (χ0n) is 9.03. The summed E-state index contributed by atoms with van der Waals surface area (Å²) in [7, 11) is 0. The van der Waals surface area contributed by atoms with Crippen molar-refractivity contribution in [1.82, 2.24) is 14.4 Å². The van der Waals surface area contributed by atoms with Crippen LogP contribution in [0.2, 0.25) is 0 Å². The SMILES string of the molecule is C1=Cc2nc3[nH]c4c(n3c2CC1)CCC=C4. The van der Waals surface area contributed by atoms with Crippen LogP contribution >= 0.6 is 0 Å².